The Morgan fingerprint density at radius 1 is 1.22 bits per heavy atom. The average molecular weight is 316 g/mol. The number of carbonyl (C=O) groups excluding carboxylic acids is 2. The molecule has 0 saturated carbocycles. The first-order valence-electron chi connectivity index (χ1n) is 7.34. The number of carbonyl (C=O) groups is 2. The van der Waals surface area contributed by atoms with Crippen molar-refractivity contribution < 1.29 is 19.1 Å². The second-order valence-corrected chi connectivity index (χ2v) is 5.32. The van der Waals surface area contributed by atoms with Crippen LogP contribution in [0.15, 0.2) is 41.2 Å². The Morgan fingerprint density at radius 3 is 2.70 bits per heavy atom. The van der Waals surface area contributed by atoms with E-state index in [1.165, 1.54) is 12.5 Å². The predicted molar refractivity (Wildman–Crippen MR) is 85.8 cm³/mol. The van der Waals surface area contributed by atoms with E-state index >= 15 is 0 Å². The van der Waals surface area contributed by atoms with Crippen molar-refractivity contribution in [1.29, 1.82) is 0 Å². The molecule has 0 unspecified atom stereocenters. The number of nitrogens with one attached hydrogen (secondary N) is 2. The van der Waals surface area contributed by atoms with Crippen LogP contribution < -0.4 is 10.6 Å². The minimum atomic E-state index is -0.740. The van der Waals surface area contributed by atoms with Crippen LogP contribution in [0.25, 0.3) is 0 Å². The lowest BCUT2D eigenvalue weighted by atomic mass is 10.1. The van der Waals surface area contributed by atoms with Crippen molar-refractivity contribution >= 4 is 17.5 Å². The van der Waals surface area contributed by atoms with E-state index in [4.69, 9.17) is 4.42 Å². The first kappa shape index (κ1) is 16.8. The number of hydrogen-bond donors (Lipinski definition) is 3. The maximum absolute atomic E-state index is 11.9. The van der Waals surface area contributed by atoms with Crippen molar-refractivity contribution in [2.24, 2.45) is 0 Å². The summed E-state index contributed by atoms with van der Waals surface area (Å²) in [7, 11) is 0. The summed E-state index contributed by atoms with van der Waals surface area (Å²) >= 11 is 0. The van der Waals surface area contributed by atoms with Crippen molar-refractivity contribution in [3.05, 3.63) is 53.5 Å². The second kappa shape index (κ2) is 7.60. The Labute approximate surface area is 134 Å². The van der Waals surface area contributed by atoms with Crippen molar-refractivity contribution in [3.8, 4) is 0 Å². The van der Waals surface area contributed by atoms with Crippen LogP contribution in [0.4, 0.5) is 5.69 Å². The van der Waals surface area contributed by atoms with Gasteiger partial charge in [0.05, 0.1) is 18.6 Å². The lowest BCUT2D eigenvalue weighted by Gasteiger charge is -2.11. The summed E-state index contributed by atoms with van der Waals surface area (Å²) in [6, 6.07) is 7.15. The highest BCUT2D eigenvalue weighted by Gasteiger charge is 2.16. The van der Waals surface area contributed by atoms with Gasteiger partial charge in [-0.15, -0.1) is 0 Å². The van der Waals surface area contributed by atoms with Gasteiger partial charge in [-0.3, -0.25) is 9.59 Å². The zero-order valence-electron chi connectivity index (χ0n) is 13.1. The normalized spacial score (nSPS) is 11.8. The molecular weight excluding hydrogens is 296 g/mol. The summed E-state index contributed by atoms with van der Waals surface area (Å²) in [5.41, 5.74) is 3.21. The van der Waals surface area contributed by atoms with Gasteiger partial charge in [-0.05, 0) is 43.5 Å². The van der Waals surface area contributed by atoms with Gasteiger partial charge in [0.25, 0.3) is 0 Å². The van der Waals surface area contributed by atoms with E-state index in [1.807, 2.05) is 26.0 Å². The Kier molecular flexibility index (Phi) is 5.54. The molecule has 2 amide bonds. The Bertz CT molecular complexity index is 680. The Balaban J connectivity index is 1.81. The summed E-state index contributed by atoms with van der Waals surface area (Å²) in [6.07, 6.45) is 2.47. The van der Waals surface area contributed by atoms with Crippen LogP contribution in [0, 0.1) is 13.8 Å². The fraction of sp³-hybridized carbons (Fsp3) is 0.294. The number of aliphatic hydroxyl groups excluding tert-OH is 1. The summed E-state index contributed by atoms with van der Waals surface area (Å²) in [5, 5.41) is 14.9. The minimum absolute atomic E-state index is 0.186. The third-order valence-electron chi connectivity index (χ3n) is 3.69. The first-order valence-corrected chi connectivity index (χ1v) is 7.34. The van der Waals surface area contributed by atoms with Gasteiger partial charge >= 0.3 is 11.8 Å². The smallest absolute Gasteiger partial charge is 0.313 e. The summed E-state index contributed by atoms with van der Waals surface area (Å²) in [5.74, 6) is -1.46. The topological polar surface area (TPSA) is 91.6 Å². The first-order chi connectivity index (χ1) is 11.0. The van der Waals surface area contributed by atoms with E-state index in [1.54, 1.807) is 12.1 Å². The minimum Gasteiger partial charge on any atom is -0.472 e. The molecule has 0 aliphatic heterocycles. The van der Waals surface area contributed by atoms with Gasteiger partial charge in [-0.25, -0.2) is 0 Å². The number of amides is 2. The van der Waals surface area contributed by atoms with Crippen molar-refractivity contribution in [2.75, 3.05) is 11.9 Å². The van der Waals surface area contributed by atoms with Crippen LogP contribution in [0.2, 0.25) is 0 Å². The molecule has 1 heterocycles. The molecule has 3 N–H and O–H groups in total. The number of benzene rings is 1. The quantitative estimate of drug-likeness (QED) is 0.736. The highest BCUT2D eigenvalue weighted by atomic mass is 16.3. The number of furan rings is 1. The summed E-state index contributed by atoms with van der Waals surface area (Å²) in [6.45, 7) is 4.00. The van der Waals surface area contributed by atoms with Gasteiger partial charge < -0.3 is 20.2 Å². The SMILES string of the molecule is Cc1cccc(NC(=O)C(=O)NCC[C@H](O)c2ccoc2)c1C. The molecule has 1 aromatic carbocycles. The van der Waals surface area contributed by atoms with E-state index in [0.29, 0.717) is 17.7 Å². The number of aliphatic hydroxyl groups is 1. The third-order valence-corrected chi connectivity index (χ3v) is 3.69. The van der Waals surface area contributed by atoms with Gasteiger partial charge in [-0.2, -0.15) is 0 Å². The lowest BCUT2D eigenvalue weighted by molar-refractivity contribution is -0.136. The predicted octanol–water partition coefficient (Wildman–Crippen LogP) is 2.07. The van der Waals surface area contributed by atoms with Crippen molar-refractivity contribution in [3.63, 3.8) is 0 Å². The number of anilines is 1. The van der Waals surface area contributed by atoms with E-state index in [0.717, 1.165) is 11.1 Å². The van der Waals surface area contributed by atoms with Crippen molar-refractivity contribution in [2.45, 2.75) is 26.4 Å². The van der Waals surface area contributed by atoms with Gasteiger partial charge in [0.1, 0.15) is 0 Å². The van der Waals surface area contributed by atoms with Gasteiger partial charge in [0.15, 0.2) is 0 Å². The van der Waals surface area contributed by atoms with E-state index < -0.39 is 17.9 Å². The molecule has 1 aromatic heterocycles. The van der Waals surface area contributed by atoms with Crippen LogP contribution >= 0.6 is 0 Å². The van der Waals surface area contributed by atoms with Crippen LogP contribution in [0.5, 0.6) is 0 Å². The number of rotatable bonds is 5. The van der Waals surface area contributed by atoms with Gasteiger partial charge in [0, 0.05) is 17.8 Å². The number of aryl methyl sites for hydroxylation is 1. The average Bonchev–Trinajstić information content (AvgIpc) is 3.06. The third kappa shape index (κ3) is 4.43. The standard InChI is InChI=1S/C17H20N2O4/c1-11-4-3-5-14(12(11)2)19-17(22)16(21)18-8-6-15(20)13-7-9-23-10-13/h3-5,7,9-10,15,20H,6,8H2,1-2H3,(H,18,21)(H,19,22)/t15-/m0/s1. The van der Waals surface area contributed by atoms with Gasteiger partial charge in [0.2, 0.25) is 0 Å². The van der Waals surface area contributed by atoms with E-state index in [9.17, 15) is 14.7 Å². The molecule has 1 atom stereocenters. The molecule has 6 heteroatoms. The Morgan fingerprint density at radius 2 is 2.00 bits per heavy atom. The molecule has 122 valence electrons. The van der Waals surface area contributed by atoms with Crippen LogP contribution in [0.1, 0.15) is 29.2 Å². The molecule has 0 aliphatic carbocycles. The summed E-state index contributed by atoms with van der Waals surface area (Å²) in [4.78, 5) is 23.7. The van der Waals surface area contributed by atoms with Gasteiger partial charge in [-0.1, -0.05) is 12.1 Å². The van der Waals surface area contributed by atoms with E-state index in [2.05, 4.69) is 10.6 Å². The van der Waals surface area contributed by atoms with E-state index in [-0.39, 0.29) is 6.54 Å². The lowest BCUT2D eigenvalue weighted by Crippen LogP contribution is -2.36. The molecule has 23 heavy (non-hydrogen) atoms. The molecule has 0 spiro atoms. The maximum atomic E-state index is 11.9. The molecule has 2 aromatic rings. The van der Waals surface area contributed by atoms with Crippen LogP contribution in [0.3, 0.4) is 0 Å². The van der Waals surface area contributed by atoms with Crippen LogP contribution in [-0.4, -0.2) is 23.5 Å². The zero-order valence-corrected chi connectivity index (χ0v) is 13.1. The maximum Gasteiger partial charge on any atom is 0.313 e. The second-order valence-electron chi connectivity index (χ2n) is 5.32. The molecule has 0 aliphatic rings. The summed E-state index contributed by atoms with van der Waals surface area (Å²) < 4.78 is 4.88. The molecule has 0 bridgehead atoms. The molecular formula is C17H20N2O4. The molecule has 6 nitrogen and oxygen atoms in total. The zero-order chi connectivity index (χ0) is 16.8. The van der Waals surface area contributed by atoms with Crippen LogP contribution in [-0.2, 0) is 9.59 Å². The number of hydrogen-bond acceptors (Lipinski definition) is 4. The highest BCUT2D eigenvalue weighted by Crippen LogP contribution is 2.18. The largest absolute Gasteiger partial charge is 0.472 e. The highest BCUT2D eigenvalue weighted by molar-refractivity contribution is 6.39. The molecule has 0 saturated heterocycles. The Hall–Kier alpha value is -2.60. The molecule has 0 fully saturated rings. The van der Waals surface area contributed by atoms with Crippen molar-refractivity contribution in [1.82, 2.24) is 5.32 Å². The molecule has 0 radical (unpaired) electrons. The molecule has 2 rings (SSSR count). The monoisotopic (exact) mass is 316 g/mol. The fourth-order valence-corrected chi connectivity index (χ4v) is 2.10. The fourth-order valence-electron chi connectivity index (χ4n) is 2.10.